The predicted molar refractivity (Wildman–Crippen MR) is 56.4 cm³/mol. The summed E-state index contributed by atoms with van der Waals surface area (Å²) in [6, 6.07) is 0.406. The van der Waals surface area contributed by atoms with Gasteiger partial charge < -0.3 is 5.32 Å². The van der Waals surface area contributed by atoms with E-state index in [1.807, 2.05) is 22.6 Å². The molecule has 0 saturated heterocycles. The van der Waals surface area contributed by atoms with Gasteiger partial charge in [0.2, 0.25) is 0 Å². The molecule has 14 heavy (non-hydrogen) atoms. The number of anilines is 1. The molecule has 0 spiro atoms. The first kappa shape index (κ1) is 10.0. The lowest BCUT2D eigenvalue weighted by molar-refractivity contribution is 0.145. The highest BCUT2D eigenvalue weighted by Gasteiger charge is 2.24. The lowest BCUT2D eigenvalue weighted by atomic mass is 10.4. The molecule has 0 aromatic carbocycles. The summed E-state index contributed by atoms with van der Waals surface area (Å²) < 4.78 is 25.3. The minimum absolute atomic E-state index is 0.191. The summed E-state index contributed by atoms with van der Waals surface area (Å²) in [5.74, 6) is 0.526. The zero-order valence-corrected chi connectivity index (χ0v) is 9.33. The fourth-order valence-corrected chi connectivity index (χ4v) is 1.73. The topological polar surface area (TPSA) is 37.8 Å². The maximum Gasteiger partial charge on any atom is 0.281 e. The molecule has 0 atom stereocenters. The molecule has 3 nitrogen and oxygen atoms in total. The van der Waals surface area contributed by atoms with Crippen molar-refractivity contribution in [2.75, 3.05) is 5.32 Å². The minimum Gasteiger partial charge on any atom is -0.366 e. The molecule has 0 aliphatic heterocycles. The van der Waals surface area contributed by atoms with E-state index in [0.29, 0.717) is 15.4 Å². The van der Waals surface area contributed by atoms with E-state index >= 15 is 0 Å². The molecule has 0 unspecified atom stereocenters. The molecule has 1 aliphatic carbocycles. The van der Waals surface area contributed by atoms with Gasteiger partial charge in [0, 0.05) is 6.04 Å². The lowest BCUT2D eigenvalue weighted by Crippen LogP contribution is -2.08. The molecule has 1 saturated carbocycles. The van der Waals surface area contributed by atoms with Crippen LogP contribution in [0, 0.1) is 3.57 Å². The Morgan fingerprint density at radius 2 is 2.14 bits per heavy atom. The highest BCUT2D eigenvalue weighted by atomic mass is 127. The van der Waals surface area contributed by atoms with Gasteiger partial charge in [-0.2, -0.15) is 0 Å². The molecule has 1 fully saturated rings. The van der Waals surface area contributed by atoms with Crippen molar-refractivity contribution in [1.82, 2.24) is 9.97 Å². The van der Waals surface area contributed by atoms with Crippen LogP contribution in [0.4, 0.5) is 14.6 Å². The summed E-state index contributed by atoms with van der Waals surface area (Å²) in [6.07, 6.45) is 0.812. The van der Waals surface area contributed by atoms with E-state index in [1.54, 1.807) is 0 Å². The molecule has 0 amide bonds. The molecule has 2 rings (SSSR count). The van der Waals surface area contributed by atoms with Gasteiger partial charge in [-0.1, -0.05) is 0 Å². The monoisotopic (exact) mass is 311 g/mol. The van der Waals surface area contributed by atoms with Crippen LogP contribution in [0.2, 0.25) is 0 Å². The maximum absolute atomic E-state index is 12.4. The third kappa shape index (κ3) is 2.10. The van der Waals surface area contributed by atoms with E-state index < -0.39 is 6.43 Å². The van der Waals surface area contributed by atoms with Crippen LogP contribution in [0.1, 0.15) is 25.0 Å². The largest absolute Gasteiger partial charge is 0.366 e. The average Bonchev–Trinajstić information content (AvgIpc) is 2.92. The van der Waals surface area contributed by atoms with Gasteiger partial charge >= 0.3 is 0 Å². The van der Waals surface area contributed by atoms with Crippen LogP contribution in [0.25, 0.3) is 0 Å². The first-order valence-electron chi connectivity index (χ1n) is 4.23. The number of alkyl halides is 2. The molecule has 76 valence electrons. The molecule has 0 radical (unpaired) electrons. The third-order valence-corrected chi connectivity index (χ3v) is 3.00. The Hall–Kier alpha value is -0.530. The number of hydrogen-bond donors (Lipinski definition) is 1. The Morgan fingerprint density at radius 3 is 2.71 bits per heavy atom. The van der Waals surface area contributed by atoms with Crippen molar-refractivity contribution in [1.29, 1.82) is 0 Å². The molecule has 1 aliphatic rings. The molecular weight excluding hydrogens is 303 g/mol. The van der Waals surface area contributed by atoms with Gasteiger partial charge in [-0.15, -0.1) is 0 Å². The standard InChI is InChI=1S/C8H8F2IN3/c9-7(10)6-5(11)8(13-3-12-6)14-4-1-2-4/h3-4,7H,1-2H2,(H,12,13,14). The number of hydrogen-bond acceptors (Lipinski definition) is 3. The third-order valence-electron chi connectivity index (χ3n) is 1.94. The van der Waals surface area contributed by atoms with Gasteiger partial charge in [-0.05, 0) is 35.4 Å². The van der Waals surface area contributed by atoms with Crippen molar-refractivity contribution in [3.63, 3.8) is 0 Å². The van der Waals surface area contributed by atoms with Gasteiger partial charge in [0.25, 0.3) is 6.43 Å². The van der Waals surface area contributed by atoms with Crippen molar-refractivity contribution >= 4 is 28.4 Å². The average molecular weight is 311 g/mol. The van der Waals surface area contributed by atoms with E-state index in [0.717, 1.165) is 12.8 Å². The van der Waals surface area contributed by atoms with Crippen LogP contribution in [-0.2, 0) is 0 Å². The van der Waals surface area contributed by atoms with Gasteiger partial charge in [0.15, 0.2) is 0 Å². The van der Waals surface area contributed by atoms with Crippen molar-refractivity contribution < 1.29 is 8.78 Å². The van der Waals surface area contributed by atoms with Crippen molar-refractivity contribution in [2.45, 2.75) is 25.3 Å². The summed E-state index contributed by atoms with van der Waals surface area (Å²) in [5.41, 5.74) is -0.191. The maximum atomic E-state index is 12.4. The van der Waals surface area contributed by atoms with E-state index in [2.05, 4.69) is 15.3 Å². The second kappa shape index (κ2) is 3.92. The van der Waals surface area contributed by atoms with Crippen LogP contribution in [0.5, 0.6) is 0 Å². The lowest BCUT2D eigenvalue weighted by Gasteiger charge is -2.08. The predicted octanol–water partition coefficient (Wildman–Crippen LogP) is 2.59. The molecule has 1 heterocycles. The second-order valence-corrected chi connectivity index (χ2v) is 4.22. The first-order valence-corrected chi connectivity index (χ1v) is 5.31. The Kier molecular flexibility index (Phi) is 2.80. The molecule has 1 aromatic rings. The van der Waals surface area contributed by atoms with Crippen LogP contribution in [0.15, 0.2) is 6.33 Å². The van der Waals surface area contributed by atoms with Crippen molar-refractivity contribution in [3.8, 4) is 0 Å². The zero-order chi connectivity index (χ0) is 10.1. The molecule has 0 bridgehead atoms. The second-order valence-electron chi connectivity index (χ2n) is 3.14. The number of halogens is 3. The molecular formula is C8H8F2IN3. The van der Waals surface area contributed by atoms with Gasteiger partial charge in [-0.25, -0.2) is 18.7 Å². The first-order chi connectivity index (χ1) is 6.68. The molecule has 1 N–H and O–H groups in total. The van der Waals surface area contributed by atoms with E-state index in [9.17, 15) is 8.78 Å². The smallest absolute Gasteiger partial charge is 0.281 e. The van der Waals surface area contributed by atoms with E-state index in [1.165, 1.54) is 6.33 Å². The minimum atomic E-state index is -2.54. The molecule has 1 aromatic heterocycles. The fraction of sp³-hybridized carbons (Fsp3) is 0.500. The van der Waals surface area contributed by atoms with Gasteiger partial charge in [0.05, 0.1) is 3.57 Å². The van der Waals surface area contributed by atoms with Gasteiger partial charge in [-0.3, -0.25) is 0 Å². The quantitative estimate of drug-likeness (QED) is 0.872. The summed E-state index contributed by atoms with van der Waals surface area (Å²) in [6.45, 7) is 0. The summed E-state index contributed by atoms with van der Waals surface area (Å²) >= 11 is 1.85. The highest BCUT2D eigenvalue weighted by Crippen LogP contribution is 2.30. The Balaban J connectivity index is 2.25. The molecule has 6 heteroatoms. The zero-order valence-electron chi connectivity index (χ0n) is 7.17. The van der Waals surface area contributed by atoms with Crippen molar-refractivity contribution in [2.24, 2.45) is 0 Å². The number of nitrogens with one attached hydrogen (secondary N) is 1. The number of aromatic nitrogens is 2. The number of rotatable bonds is 3. The Morgan fingerprint density at radius 1 is 1.43 bits per heavy atom. The Bertz CT molecular complexity index is 341. The van der Waals surface area contributed by atoms with E-state index in [-0.39, 0.29) is 5.69 Å². The fourth-order valence-electron chi connectivity index (χ4n) is 1.06. The van der Waals surface area contributed by atoms with Crippen LogP contribution >= 0.6 is 22.6 Å². The van der Waals surface area contributed by atoms with E-state index in [4.69, 9.17) is 0 Å². The SMILES string of the molecule is FC(F)c1ncnc(NC2CC2)c1I. The summed E-state index contributed by atoms with van der Waals surface area (Å²) in [4.78, 5) is 7.50. The number of nitrogens with zero attached hydrogens (tertiary/aromatic N) is 2. The summed E-state index contributed by atoms with van der Waals surface area (Å²) in [7, 11) is 0. The van der Waals surface area contributed by atoms with Gasteiger partial charge in [0.1, 0.15) is 17.8 Å². The highest BCUT2D eigenvalue weighted by molar-refractivity contribution is 14.1. The van der Waals surface area contributed by atoms with Crippen molar-refractivity contribution in [3.05, 3.63) is 15.6 Å². The van der Waals surface area contributed by atoms with Crippen LogP contribution < -0.4 is 5.32 Å². The van der Waals surface area contributed by atoms with Crippen LogP contribution in [0.3, 0.4) is 0 Å². The normalized spacial score (nSPS) is 16.0. The Labute approximate surface area is 93.5 Å². The summed E-state index contributed by atoms with van der Waals surface area (Å²) in [5, 5.41) is 3.09. The van der Waals surface area contributed by atoms with Crippen LogP contribution in [-0.4, -0.2) is 16.0 Å².